The minimum atomic E-state index is -0.931. The molecule has 0 bridgehead atoms. The SMILES string of the molecule is CCCOC(=O)C(c1ccccc1)N1C(=O)/C(=C/c2ccc(OCc3ccc(Cl)cc3)cc2)SC1=S. The van der Waals surface area contributed by atoms with Crippen molar-refractivity contribution in [3.8, 4) is 5.75 Å². The topological polar surface area (TPSA) is 55.8 Å². The highest BCUT2D eigenvalue weighted by Crippen LogP contribution is 2.39. The largest absolute Gasteiger partial charge is 0.489 e. The molecule has 5 nitrogen and oxygen atoms in total. The van der Waals surface area contributed by atoms with E-state index in [-0.39, 0.29) is 12.5 Å². The van der Waals surface area contributed by atoms with Gasteiger partial charge in [-0.15, -0.1) is 0 Å². The number of ether oxygens (including phenoxy) is 2. The molecule has 0 aliphatic carbocycles. The van der Waals surface area contributed by atoms with E-state index in [1.165, 1.54) is 16.7 Å². The minimum absolute atomic E-state index is 0.277. The molecular weight excluding hydrogens is 514 g/mol. The van der Waals surface area contributed by atoms with Crippen molar-refractivity contribution in [3.05, 3.63) is 105 Å². The lowest BCUT2D eigenvalue weighted by Crippen LogP contribution is -2.38. The number of thiocarbonyl (C=S) groups is 1. The van der Waals surface area contributed by atoms with Crippen molar-refractivity contribution in [1.29, 1.82) is 0 Å². The smallest absolute Gasteiger partial charge is 0.333 e. The lowest BCUT2D eigenvalue weighted by Gasteiger charge is -2.25. The predicted molar refractivity (Wildman–Crippen MR) is 148 cm³/mol. The van der Waals surface area contributed by atoms with E-state index in [1.807, 2.05) is 73.7 Å². The van der Waals surface area contributed by atoms with Crippen LogP contribution in [0.4, 0.5) is 0 Å². The van der Waals surface area contributed by atoms with Gasteiger partial charge in [-0.25, -0.2) is 4.79 Å². The van der Waals surface area contributed by atoms with E-state index in [9.17, 15) is 9.59 Å². The third kappa shape index (κ3) is 6.35. The molecule has 1 unspecified atom stereocenters. The van der Waals surface area contributed by atoms with Crippen LogP contribution in [0.3, 0.4) is 0 Å². The normalized spacial score (nSPS) is 15.3. The van der Waals surface area contributed by atoms with Crippen molar-refractivity contribution < 1.29 is 19.1 Å². The number of hydrogen-bond donors (Lipinski definition) is 0. The average Bonchev–Trinajstić information content (AvgIpc) is 3.16. The number of nitrogens with zero attached hydrogens (tertiary/aromatic N) is 1. The van der Waals surface area contributed by atoms with Gasteiger partial charge in [0.2, 0.25) is 0 Å². The van der Waals surface area contributed by atoms with E-state index in [1.54, 1.807) is 18.2 Å². The number of carbonyl (C=O) groups excluding carboxylic acids is 2. The molecule has 36 heavy (non-hydrogen) atoms. The van der Waals surface area contributed by atoms with Gasteiger partial charge in [0.15, 0.2) is 6.04 Å². The molecule has 0 spiro atoms. The molecule has 3 aromatic carbocycles. The lowest BCUT2D eigenvalue weighted by atomic mass is 10.1. The number of carbonyl (C=O) groups is 2. The maximum Gasteiger partial charge on any atom is 0.333 e. The molecule has 184 valence electrons. The van der Waals surface area contributed by atoms with Crippen molar-refractivity contribution >= 4 is 57.9 Å². The van der Waals surface area contributed by atoms with Gasteiger partial charge in [-0.2, -0.15) is 0 Å². The van der Waals surface area contributed by atoms with Crippen LogP contribution in [0.5, 0.6) is 5.75 Å². The number of esters is 1. The summed E-state index contributed by atoms with van der Waals surface area (Å²) in [5.74, 6) is -0.115. The molecule has 0 aromatic heterocycles. The molecule has 0 saturated carbocycles. The predicted octanol–water partition coefficient (Wildman–Crippen LogP) is 6.81. The van der Waals surface area contributed by atoms with Gasteiger partial charge in [-0.3, -0.25) is 9.69 Å². The minimum Gasteiger partial charge on any atom is -0.489 e. The Morgan fingerprint density at radius 1 is 1.06 bits per heavy atom. The van der Waals surface area contributed by atoms with Crippen LogP contribution < -0.4 is 4.74 Å². The summed E-state index contributed by atoms with van der Waals surface area (Å²) in [5.41, 5.74) is 2.48. The Morgan fingerprint density at radius 3 is 2.42 bits per heavy atom. The summed E-state index contributed by atoms with van der Waals surface area (Å²) in [5, 5.41) is 0.682. The highest BCUT2D eigenvalue weighted by molar-refractivity contribution is 8.26. The molecular formula is C28H24ClNO4S2. The Labute approximate surface area is 225 Å². The first-order valence-corrected chi connectivity index (χ1v) is 13.0. The molecule has 3 aromatic rings. The van der Waals surface area contributed by atoms with Crippen LogP contribution in [0.25, 0.3) is 6.08 Å². The summed E-state index contributed by atoms with van der Waals surface area (Å²) in [6.45, 7) is 2.62. The molecule has 1 fully saturated rings. The Balaban J connectivity index is 1.49. The van der Waals surface area contributed by atoms with E-state index < -0.39 is 12.0 Å². The molecule has 1 heterocycles. The van der Waals surface area contributed by atoms with Crippen molar-refractivity contribution in [2.45, 2.75) is 26.0 Å². The third-order valence-electron chi connectivity index (χ3n) is 5.37. The van der Waals surface area contributed by atoms with Gasteiger partial charge in [0, 0.05) is 5.02 Å². The Morgan fingerprint density at radius 2 is 1.75 bits per heavy atom. The first kappa shape index (κ1) is 25.9. The van der Waals surface area contributed by atoms with Crippen molar-refractivity contribution in [1.82, 2.24) is 4.90 Å². The first-order chi connectivity index (χ1) is 17.5. The average molecular weight is 538 g/mol. The van der Waals surface area contributed by atoms with Crippen LogP contribution in [-0.4, -0.2) is 27.7 Å². The van der Waals surface area contributed by atoms with Crippen molar-refractivity contribution in [2.24, 2.45) is 0 Å². The van der Waals surface area contributed by atoms with Crippen molar-refractivity contribution in [2.75, 3.05) is 6.61 Å². The quantitative estimate of drug-likeness (QED) is 0.170. The summed E-state index contributed by atoms with van der Waals surface area (Å²) < 4.78 is 11.6. The molecule has 1 atom stereocenters. The molecule has 0 N–H and O–H groups in total. The number of hydrogen-bond acceptors (Lipinski definition) is 6. The molecule has 1 saturated heterocycles. The summed E-state index contributed by atoms with van der Waals surface area (Å²) in [6.07, 6.45) is 2.45. The fourth-order valence-corrected chi connectivity index (χ4v) is 5.01. The van der Waals surface area contributed by atoms with Gasteiger partial charge < -0.3 is 9.47 Å². The summed E-state index contributed by atoms with van der Waals surface area (Å²) >= 11 is 12.6. The fraction of sp³-hybridized carbons (Fsp3) is 0.179. The van der Waals surface area contributed by atoms with Crippen LogP contribution in [0.1, 0.15) is 36.1 Å². The zero-order valence-electron chi connectivity index (χ0n) is 19.6. The van der Waals surface area contributed by atoms with E-state index in [0.29, 0.717) is 38.6 Å². The summed E-state index contributed by atoms with van der Waals surface area (Å²) in [4.78, 5) is 28.1. The fourth-order valence-electron chi connectivity index (χ4n) is 3.57. The Kier molecular flexibility index (Phi) is 8.80. The first-order valence-electron chi connectivity index (χ1n) is 11.4. The molecule has 1 amide bonds. The zero-order chi connectivity index (χ0) is 25.5. The van der Waals surface area contributed by atoms with E-state index >= 15 is 0 Å². The maximum absolute atomic E-state index is 13.4. The number of benzene rings is 3. The molecule has 0 radical (unpaired) electrons. The van der Waals surface area contributed by atoms with Crippen LogP contribution in [0.15, 0.2) is 83.8 Å². The van der Waals surface area contributed by atoms with Gasteiger partial charge in [-0.1, -0.05) is 97.1 Å². The number of thioether (sulfide) groups is 1. The van der Waals surface area contributed by atoms with Gasteiger partial charge in [0.1, 0.15) is 16.7 Å². The second-order valence-corrected chi connectivity index (χ2v) is 10.1. The zero-order valence-corrected chi connectivity index (χ0v) is 21.9. The Hall–Kier alpha value is -3.13. The number of halogens is 1. The van der Waals surface area contributed by atoms with Gasteiger partial charge in [-0.05, 0) is 53.5 Å². The monoisotopic (exact) mass is 537 g/mol. The summed E-state index contributed by atoms with van der Waals surface area (Å²) in [6, 6.07) is 23.1. The molecule has 1 aliphatic rings. The van der Waals surface area contributed by atoms with Crippen LogP contribution in [0, 0.1) is 0 Å². The number of rotatable bonds is 9. The van der Waals surface area contributed by atoms with Crippen LogP contribution in [-0.2, 0) is 20.9 Å². The Bertz CT molecular complexity index is 1260. The second-order valence-electron chi connectivity index (χ2n) is 8.02. The molecule has 8 heteroatoms. The van der Waals surface area contributed by atoms with Crippen molar-refractivity contribution in [3.63, 3.8) is 0 Å². The highest BCUT2D eigenvalue weighted by atomic mass is 35.5. The molecule has 4 rings (SSSR count). The maximum atomic E-state index is 13.4. The van der Waals surface area contributed by atoms with Crippen LogP contribution >= 0.6 is 35.6 Å². The standard InChI is InChI=1S/C28H24ClNO4S2/c1-2-16-33-27(32)25(21-6-4-3-5-7-21)30-26(31)24(36-28(30)35)17-19-10-14-23(15-11-19)34-18-20-8-12-22(29)13-9-20/h3-15,17,25H,2,16,18H2,1H3/b24-17-. The van der Waals surface area contributed by atoms with Gasteiger partial charge in [0.05, 0.1) is 11.5 Å². The van der Waals surface area contributed by atoms with E-state index in [0.717, 1.165) is 11.1 Å². The van der Waals surface area contributed by atoms with E-state index in [2.05, 4.69) is 0 Å². The van der Waals surface area contributed by atoms with Gasteiger partial charge in [0.25, 0.3) is 5.91 Å². The molecule has 1 aliphatic heterocycles. The third-order valence-corrected chi connectivity index (χ3v) is 6.95. The summed E-state index contributed by atoms with van der Waals surface area (Å²) in [7, 11) is 0. The second kappa shape index (κ2) is 12.2. The van der Waals surface area contributed by atoms with E-state index in [4.69, 9.17) is 33.3 Å². The van der Waals surface area contributed by atoms with Gasteiger partial charge >= 0.3 is 5.97 Å². The lowest BCUT2D eigenvalue weighted by molar-refractivity contribution is -0.151. The van der Waals surface area contributed by atoms with Crippen LogP contribution in [0.2, 0.25) is 5.02 Å². The number of amides is 1. The highest BCUT2D eigenvalue weighted by Gasteiger charge is 2.42.